The first-order valence-corrected chi connectivity index (χ1v) is 7.93. The Morgan fingerprint density at radius 1 is 0.920 bits per heavy atom. The van der Waals surface area contributed by atoms with E-state index >= 15 is 0 Å². The molecule has 0 bridgehead atoms. The van der Waals surface area contributed by atoms with Crippen molar-refractivity contribution < 1.29 is 0 Å². The van der Waals surface area contributed by atoms with Crippen molar-refractivity contribution in [1.82, 2.24) is 9.97 Å². The van der Waals surface area contributed by atoms with Crippen LogP contribution in [0.3, 0.4) is 0 Å². The number of H-pyrrole nitrogens is 2. The van der Waals surface area contributed by atoms with Crippen LogP contribution in [0.2, 0.25) is 0 Å². The summed E-state index contributed by atoms with van der Waals surface area (Å²) in [6, 6.07) is 19.4. The molecule has 25 heavy (non-hydrogen) atoms. The highest BCUT2D eigenvalue weighted by Gasteiger charge is 2.32. The molecule has 124 valence electrons. The van der Waals surface area contributed by atoms with Crippen molar-refractivity contribution in [2.75, 3.05) is 11.9 Å². The van der Waals surface area contributed by atoms with Gasteiger partial charge in [0.2, 0.25) is 0 Å². The lowest BCUT2D eigenvalue weighted by Crippen LogP contribution is -2.38. The average Bonchev–Trinajstić information content (AvgIpc) is 2.64. The minimum Gasteiger partial charge on any atom is -0.346 e. The van der Waals surface area contributed by atoms with Crippen molar-refractivity contribution in [2.45, 2.75) is 6.04 Å². The van der Waals surface area contributed by atoms with Crippen molar-refractivity contribution in [3.8, 4) is 0 Å². The summed E-state index contributed by atoms with van der Waals surface area (Å²) in [5.74, 6) is 0.419. The molecule has 3 aromatic rings. The summed E-state index contributed by atoms with van der Waals surface area (Å²) in [6.45, 7) is 0. The van der Waals surface area contributed by atoms with Gasteiger partial charge in [0, 0.05) is 7.05 Å². The number of benzene rings is 2. The molecule has 2 aromatic carbocycles. The van der Waals surface area contributed by atoms with Crippen molar-refractivity contribution in [3.05, 3.63) is 92.6 Å². The van der Waals surface area contributed by atoms with Gasteiger partial charge in [-0.25, -0.2) is 9.79 Å². The third-order valence-electron chi connectivity index (χ3n) is 4.31. The van der Waals surface area contributed by atoms with Crippen molar-refractivity contribution >= 4 is 17.2 Å². The second-order valence-electron chi connectivity index (χ2n) is 5.89. The first-order valence-electron chi connectivity index (χ1n) is 7.93. The van der Waals surface area contributed by atoms with Gasteiger partial charge in [-0.3, -0.25) is 14.8 Å². The second kappa shape index (κ2) is 5.90. The lowest BCUT2D eigenvalue weighted by molar-refractivity contribution is 0.802. The fourth-order valence-corrected chi connectivity index (χ4v) is 3.17. The van der Waals surface area contributed by atoms with E-state index in [1.165, 1.54) is 0 Å². The summed E-state index contributed by atoms with van der Waals surface area (Å²) >= 11 is 0. The maximum atomic E-state index is 12.2. The van der Waals surface area contributed by atoms with Crippen molar-refractivity contribution in [3.63, 3.8) is 0 Å². The lowest BCUT2D eigenvalue weighted by atomic mass is 9.94. The van der Waals surface area contributed by atoms with E-state index in [-0.39, 0.29) is 11.7 Å². The number of likely N-dealkylation sites (N-methyl/N-ethyl adjacent to an activating group) is 1. The van der Waals surface area contributed by atoms with E-state index in [0.29, 0.717) is 5.82 Å². The van der Waals surface area contributed by atoms with Gasteiger partial charge in [-0.1, -0.05) is 60.7 Å². The predicted octanol–water partition coefficient (Wildman–Crippen LogP) is 2.38. The molecule has 1 aromatic heterocycles. The summed E-state index contributed by atoms with van der Waals surface area (Å²) in [4.78, 5) is 35.4. The average molecular weight is 332 g/mol. The molecule has 0 saturated carbocycles. The third kappa shape index (κ3) is 2.57. The maximum Gasteiger partial charge on any atom is 0.327 e. The minimum absolute atomic E-state index is 0.214. The number of anilines is 1. The Labute approximate surface area is 143 Å². The molecule has 2 heterocycles. The smallest absolute Gasteiger partial charge is 0.327 e. The number of nitrogens with one attached hydrogen (secondary N) is 2. The van der Waals surface area contributed by atoms with Crippen LogP contribution in [-0.2, 0) is 0 Å². The Morgan fingerprint density at radius 2 is 1.56 bits per heavy atom. The molecule has 0 amide bonds. The Balaban J connectivity index is 2.00. The van der Waals surface area contributed by atoms with Crippen LogP contribution < -0.4 is 16.1 Å². The number of rotatable bonds is 2. The summed E-state index contributed by atoms with van der Waals surface area (Å²) in [5.41, 5.74) is 1.90. The zero-order valence-electron chi connectivity index (χ0n) is 13.6. The molecule has 2 N–H and O–H groups in total. The largest absolute Gasteiger partial charge is 0.346 e. The fourth-order valence-electron chi connectivity index (χ4n) is 3.17. The molecule has 0 radical (unpaired) electrons. The molecule has 0 spiro atoms. The van der Waals surface area contributed by atoms with Crippen LogP contribution in [0, 0.1) is 0 Å². The van der Waals surface area contributed by atoms with Gasteiger partial charge in [0.05, 0.1) is 11.8 Å². The molecule has 4 rings (SSSR count). The van der Waals surface area contributed by atoms with Gasteiger partial charge in [-0.15, -0.1) is 0 Å². The van der Waals surface area contributed by atoms with E-state index in [2.05, 4.69) is 15.0 Å². The molecule has 1 unspecified atom stereocenters. The monoisotopic (exact) mass is 332 g/mol. The molecular weight excluding hydrogens is 316 g/mol. The number of fused-ring (bicyclic) bond motifs is 1. The van der Waals surface area contributed by atoms with Crippen LogP contribution in [0.5, 0.6) is 0 Å². The summed E-state index contributed by atoms with van der Waals surface area (Å²) in [7, 11) is 1.85. The third-order valence-corrected chi connectivity index (χ3v) is 4.31. The second-order valence-corrected chi connectivity index (χ2v) is 5.89. The van der Waals surface area contributed by atoms with Crippen LogP contribution in [0.15, 0.2) is 75.2 Å². The summed E-state index contributed by atoms with van der Waals surface area (Å²) in [6.07, 6.45) is 0. The normalized spacial score (nSPS) is 16.3. The number of hydrogen-bond acceptors (Lipinski definition) is 4. The quantitative estimate of drug-likeness (QED) is 0.756. The maximum absolute atomic E-state index is 12.2. The van der Waals surface area contributed by atoms with Crippen molar-refractivity contribution in [1.29, 1.82) is 0 Å². The predicted molar refractivity (Wildman–Crippen MR) is 97.9 cm³/mol. The Morgan fingerprint density at radius 3 is 2.24 bits per heavy atom. The van der Waals surface area contributed by atoms with Gasteiger partial charge in [0.1, 0.15) is 5.82 Å². The fraction of sp³-hybridized carbons (Fsp3) is 0.105. The van der Waals surface area contributed by atoms with E-state index in [1.54, 1.807) is 0 Å². The molecule has 6 nitrogen and oxygen atoms in total. The number of nitrogens with zero attached hydrogens (tertiary/aromatic N) is 2. The minimum atomic E-state index is -0.541. The number of hydrogen-bond donors (Lipinski definition) is 2. The SMILES string of the molecule is CN1c2[nH]c(=O)[nH]c(=O)c2N=C(c2ccccc2)C1c1ccccc1. The molecule has 6 heteroatoms. The first kappa shape index (κ1) is 15.1. The highest BCUT2D eigenvalue weighted by Crippen LogP contribution is 2.36. The van der Waals surface area contributed by atoms with E-state index in [9.17, 15) is 9.59 Å². The van der Waals surface area contributed by atoms with Gasteiger partial charge in [-0.05, 0) is 11.1 Å². The molecule has 0 aliphatic carbocycles. The Hall–Kier alpha value is -3.41. The van der Waals surface area contributed by atoms with Gasteiger partial charge in [0.15, 0.2) is 5.69 Å². The van der Waals surface area contributed by atoms with Crippen LogP contribution in [-0.4, -0.2) is 22.7 Å². The molecular formula is C19H16N4O2. The highest BCUT2D eigenvalue weighted by atomic mass is 16.2. The Kier molecular flexibility index (Phi) is 3.57. The van der Waals surface area contributed by atoms with Gasteiger partial charge in [0.25, 0.3) is 5.56 Å². The lowest BCUT2D eigenvalue weighted by Gasteiger charge is -2.35. The molecule has 0 fully saturated rings. The van der Waals surface area contributed by atoms with Crippen LogP contribution in [0.25, 0.3) is 0 Å². The van der Waals surface area contributed by atoms with E-state index in [0.717, 1.165) is 16.8 Å². The zero-order valence-corrected chi connectivity index (χ0v) is 13.6. The molecule has 1 aliphatic heterocycles. The van der Waals surface area contributed by atoms with E-state index in [4.69, 9.17) is 0 Å². The molecule has 1 aliphatic rings. The summed E-state index contributed by atoms with van der Waals surface area (Å²) < 4.78 is 0. The number of aromatic nitrogens is 2. The van der Waals surface area contributed by atoms with Crippen LogP contribution in [0.4, 0.5) is 11.5 Å². The molecule has 0 saturated heterocycles. The Bertz CT molecular complexity index is 1050. The van der Waals surface area contributed by atoms with Gasteiger partial charge >= 0.3 is 5.69 Å². The molecule has 1 atom stereocenters. The first-order chi connectivity index (χ1) is 12.1. The highest BCUT2D eigenvalue weighted by molar-refractivity contribution is 6.09. The van der Waals surface area contributed by atoms with E-state index in [1.807, 2.05) is 72.6 Å². The van der Waals surface area contributed by atoms with Crippen LogP contribution in [0.1, 0.15) is 17.2 Å². The standard InChI is InChI=1S/C19H16N4O2/c1-23-16(13-10-6-3-7-11-13)14(12-8-4-2-5-9-12)20-15-17(23)21-19(25)22-18(15)24/h2-11,16H,1H3,(H2,21,22,24,25). The van der Waals surface area contributed by atoms with E-state index < -0.39 is 11.2 Å². The zero-order chi connectivity index (χ0) is 17.4. The topological polar surface area (TPSA) is 81.3 Å². The number of aromatic amines is 2. The van der Waals surface area contributed by atoms with Crippen molar-refractivity contribution in [2.24, 2.45) is 4.99 Å². The summed E-state index contributed by atoms with van der Waals surface area (Å²) in [5, 5.41) is 0. The van der Waals surface area contributed by atoms with Crippen LogP contribution >= 0.6 is 0 Å². The van der Waals surface area contributed by atoms with Gasteiger partial charge < -0.3 is 4.90 Å². The number of aliphatic imine (C=N–C) groups is 1. The van der Waals surface area contributed by atoms with Gasteiger partial charge in [-0.2, -0.15) is 0 Å².